The Bertz CT molecular complexity index is 1350. The lowest BCUT2D eigenvalue weighted by molar-refractivity contribution is 0.0601. The Kier molecular flexibility index (Phi) is 5.33. The molecule has 0 unspecified atom stereocenters. The Labute approximate surface area is 179 Å². The van der Waals surface area contributed by atoms with Gasteiger partial charge in [0, 0.05) is 10.0 Å². The molecular weight excluding hydrogens is 450 g/mol. The topological polar surface area (TPSA) is 86.7 Å². The van der Waals surface area contributed by atoms with Crippen molar-refractivity contribution in [2.24, 2.45) is 5.10 Å². The van der Waals surface area contributed by atoms with Gasteiger partial charge in [-0.2, -0.15) is 9.78 Å². The maximum absolute atomic E-state index is 12.8. The van der Waals surface area contributed by atoms with Gasteiger partial charge in [-0.15, -0.1) is 0 Å². The maximum atomic E-state index is 12.8. The van der Waals surface area contributed by atoms with Gasteiger partial charge in [-0.1, -0.05) is 34.1 Å². The molecule has 0 N–H and O–H groups in total. The van der Waals surface area contributed by atoms with Crippen LogP contribution in [-0.2, 0) is 4.74 Å². The highest BCUT2D eigenvalue weighted by molar-refractivity contribution is 9.10. The first kappa shape index (κ1) is 19.8. The van der Waals surface area contributed by atoms with Gasteiger partial charge < -0.3 is 9.15 Å². The lowest BCUT2D eigenvalue weighted by Crippen LogP contribution is -2.20. The zero-order chi connectivity index (χ0) is 21.3. The van der Waals surface area contributed by atoms with E-state index in [1.165, 1.54) is 18.0 Å². The van der Waals surface area contributed by atoms with E-state index >= 15 is 0 Å². The molecule has 4 rings (SSSR count). The maximum Gasteiger partial charge on any atom is 0.338 e. The first-order chi connectivity index (χ1) is 14.5. The Morgan fingerprint density at radius 2 is 2.00 bits per heavy atom. The van der Waals surface area contributed by atoms with E-state index in [0.717, 1.165) is 4.47 Å². The van der Waals surface area contributed by atoms with E-state index in [1.807, 2.05) is 6.07 Å². The van der Waals surface area contributed by atoms with Crippen LogP contribution in [0, 0.1) is 6.92 Å². The van der Waals surface area contributed by atoms with Crippen LogP contribution in [0.5, 0.6) is 0 Å². The summed E-state index contributed by atoms with van der Waals surface area (Å²) in [5.41, 5.74) is 1.33. The van der Waals surface area contributed by atoms with Crippen molar-refractivity contribution in [3.05, 3.63) is 86.6 Å². The fraction of sp³-hybridized carbons (Fsp3) is 0.0909. The van der Waals surface area contributed by atoms with Crippen molar-refractivity contribution in [2.45, 2.75) is 6.92 Å². The number of fused-ring (bicyclic) bond motifs is 1. The summed E-state index contributed by atoms with van der Waals surface area (Å²) in [5, 5.41) is 4.71. The van der Waals surface area contributed by atoms with E-state index in [-0.39, 0.29) is 5.56 Å². The molecule has 0 fully saturated rings. The van der Waals surface area contributed by atoms with Crippen molar-refractivity contribution in [1.82, 2.24) is 9.66 Å². The number of benzene rings is 2. The Balaban J connectivity index is 1.70. The molecule has 0 aliphatic carbocycles. The highest BCUT2D eigenvalue weighted by Gasteiger charge is 2.15. The summed E-state index contributed by atoms with van der Waals surface area (Å²) in [4.78, 5) is 29.2. The van der Waals surface area contributed by atoms with E-state index in [4.69, 9.17) is 9.15 Å². The number of furan rings is 1. The van der Waals surface area contributed by atoms with Crippen LogP contribution in [0.1, 0.15) is 21.9 Å². The summed E-state index contributed by atoms with van der Waals surface area (Å²) in [7, 11) is 1.33. The molecule has 0 amide bonds. The third-order valence-electron chi connectivity index (χ3n) is 4.50. The van der Waals surface area contributed by atoms with Crippen LogP contribution < -0.4 is 5.56 Å². The van der Waals surface area contributed by atoms with Gasteiger partial charge >= 0.3 is 5.97 Å². The van der Waals surface area contributed by atoms with E-state index < -0.39 is 5.97 Å². The highest BCUT2D eigenvalue weighted by Crippen LogP contribution is 2.26. The minimum absolute atomic E-state index is 0.280. The molecule has 0 spiro atoms. The van der Waals surface area contributed by atoms with Crippen LogP contribution in [0.25, 0.3) is 22.2 Å². The number of carbonyl (C=O) groups is 1. The number of nitrogens with zero attached hydrogens (tertiary/aromatic N) is 3. The van der Waals surface area contributed by atoms with Crippen molar-refractivity contribution < 1.29 is 13.9 Å². The van der Waals surface area contributed by atoms with E-state index in [2.05, 4.69) is 26.0 Å². The lowest BCUT2D eigenvalue weighted by atomic mass is 10.1. The zero-order valence-corrected chi connectivity index (χ0v) is 17.7. The monoisotopic (exact) mass is 465 g/mol. The van der Waals surface area contributed by atoms with E-state index in [0.29, 0.717) is 39.4 Å². The fourth-order valence-corrected chi connectivity index (χ4v) is 3.42. The van der Waals surface area contributed by atoms with Gasteiger partial charge in [0.15, 0.2) is 0 Å². The molecule has 0 radical (unpaired) electrons. The lowest BCUT2D eigenvalue weighted by Gasteiger charge is -2.05. The van der Waals surface area contributed by atoms with Crippen molar-refractivity contribution >= 4 is 39.0 Å². The predicted molar refractivity (Wildman–Crippen MR) is 117 cm³/mol. The number of hydrogen-bond donors (Lipinski definition) is 0. The van der Waals surface area contributed by atoms with Crippen LogP contribution in [0.2, 0.25) is 0 Å². The van der Waals surface area contributed by atoms with Crippen molar-refractivity contribution in [2.75, 3.05) is 7.11 Å². The molecule has 150 valence electrons. The number of esters is 1. The Hall–Kier alpha value is -3.52. The van der Waals surface area contributed by atoms with Gasteiger partial charge in [0.2, 0.25) is 0 Å². The number of ether oxygens (including phenoxy) is 1. The molecule has 2 aromatic heterocycles. The number of rotatable bonds is 4. The average Bonchev–Trinajstić information content (AvgIpc) is 3.22. The standard InChI is InChI=1S/C22H16BrN3O4/c1-13-25-19-9-7-14(23)11-18(19)21(27)26(13)24-12-15-8-10-20(30-15)16-5-3-4-6-17(16)22(28)29-2/h3-12H,1-2H3. The van der Waals surface area contributed by atoms with Crippen LogP contribution in [0.3, 0.4) is 0 Å². The predicted octanol–water partition coefficient (Wildman–Crippen LogP) is 4.40. The number of halogens is 1. The van der Waals surface area contributed by atoms with Crippen molar-refractivity contribution in [1.29, 1.82) is 0 Å². The van der Waals surface area contributed by atoms with Crippen molar-refractivity contribution in [3.63, 3.8) is 0 Å². The van der Waals surface area contributed by atoms with Crippen LogP contribution >= 0.6 is 15.9 Å². The number of methoxy groups -OCH3 is 1. The largest absolute Gasteiger partial charge is 0.465 e. The number of hydrogen-bond acceptors (Lipinski definition) is 6. The summed E-state index contributed by atoms with van der Waals surface area (Å²) >= 11 is 3.37. The van der Waals surface area contributed by atoms with Gasteiger partial charge in [-0.3, -0.25) is 4.79 Å². The van der Waals surface area contributed by atoms with Gasteiger partial charge in [0.1, 0.15) is 17.3 Å². The first-order valence-electron chi connectivity index (χ1n) is 8.99. The van der Waals surface area contributed by atoms with Gasteiger partial charge in [-0.05, 0) is 43.3 Å². The molecule has 0 saturated heterocycles. The summed E-state index contributed by atoms with van der Waals surface area (Å²) in [5.74, 6) is 0.911. The molecule has 0 saturated carbocycles. The van der Waals surface area contributed by atoms with E-state index in [1.54, 1.807) is 55.5 Å². The summed E-state index contributed by atoms with van der Waals surface area (Å²) < 4.78 is 12.6. The fourth-order valence-electron chi connectivity index (χ4n) is 3.06. The summed E-state index contributed by atoms with van der Waals surface area (Å²) in [6.07, 6.45) is 1.43. The van der Waals surface area contributed by atoms with Crippen molar-refractivity contribution in [3.8, 4) is 11.3 Å². The van der Waals surface area contributed by atoms with Gasteiger partial charge in [0.25, 0.3) is 5.56 Å². The smallest absolute Gasteiger partial charge is 0.338 e. The minimum atomic E-state index is -0.451. The third kappa shape index (κ3) is 3.69. The Morgan fingerprint density at radius 1 is 1.20 bits per heavy atom. The molecule has 4 aromatic rings. The number of carbonyl (C=O) groups excluding carboxylic acids is 1. The highest BCUT2D eigenvalue weighted by atomic mass is 79.9. The normalized spacial score (nSPS) is 11.3. The second-order valence-corrected chi connectivity index (χ2v) is 7.34. The quantitative estimate of drug-likeness (QED) is 0.329. The number of aryl methyl sites for hydroxylation is 1. The van der Waals surface area contributed by atoms with Gasteiger partial charge in [-0.25, -0.2) is 9.78 Å². The third-order valence-corrected chi connectivity index (χ3v) is 4.99. The van der Waals surface area contributed by atoms with Crippen LogP contribution in [0.4, 0.5) is 0 Å². The minimum Gasteiger partial charge on any atom is -0.465 e. The molecule has 8 heteroatoms. The second-order valence-electron chi connectivity index (χ2n) is 6.42. The molecule has 2 heterocycles. The first-order valence-corrected chi connectivity index (χ1v) is 9.78. The SMILES string of the molecule is COC(=O)c1ccccc1-c1ccc(C=Nn2c(C)nc3ccc(Br)cc3c2=O)o1. The molecule has 0 atom stereocenters. The van der Waals surface area contributed by atoms with Crippen LogP contribution in [0.15, 0.2) is 73.4 Å². The number of aromatic nitrogens is 2. The molecule has 30 heavy (non-hydrogen) atoms. The summed E-state index contributed by atoms with van der Waals surface area (Å²) in [6, 6.07) is 15.8. The molecular formula is C22H16BrN3O4. The van der Waals surface area contributed by atoms with Crippen LogP contribution in [-0.4, -0.2) is 29.0 Å². The molecule has 0 bridgehead atoms. The second kappa shape index (κ2) is 8.08. The molecule has 0 aliphatic heterocycles. The van der Waals surface area contributed by atoms with Gasteiger partial charge in [0.05, 0.1) is 29.8 Å². The van der Waals surface area contributed by atoms with E-state index in [9.17, 15) is 9.59 Å². The average molecular weight is 466 g/mol. The molecule has 7 nitrogen and oxygen atoms in total. The molecule has 2 aromatic carbocycles. The Morgan fingerprint density at radius 3 is 2.80 bits per heavy atom. The zero-order valence-electron chi connectivity index (χ0n) is 16.1. The summed E-state index contributed by atoms with van der Waals surface area (Å²) in [6.45, 7) is 1.71. The molecule has 0 aliphatic rings.